The van der Waals surface area contributed by atoms with Crippen molar-refractivity contribution in [2.24, 2.45) is 0 Å². The largest absolute Gasteiger partial charge is 0.321 e. The molecule has 1 amide bonds. The van der Waals surface area contributed by atoms with Gasteiger partial charge in [0.2, 0.25) is 0 Å². The van der Waals surface area contributed by atoms with Crippen LogP contribution >= 0.6 is 27.5 Å². The molecule has 0 fully saturated rings. The number of hydrogen-bond donors (Lipinski definition) is 1. The number of hydrogen-bond acceptors (Lipinski definition) is 2. The highest BCUT2D eigenvalue weighted by Gasteiger charge is 2.13. The number of pyridine rings is 1. The minimum Gasteiger partial charge on any atom is -0.321 e. The van der Waals surface area contributed by atoms with Gasteiger partial charge in [0.1, 0.15) is 5.15 Å². The number of anilines is 1. The van der Waals surface area contributed by atoms with Crippen LogP contribution in [0.5, 0.6) is 0 Å². The molecule has 21 heavy (non-hydrogen) atoms. The number of amides is 1. The molecule has 1 aromatic carbocycles. The van der Waals surface area contributed by atoms with Crippen molar-refractivity contribution in [1.29, 1.82) is 0 Å². The number of carbonyl (C=O) groups is 1. The molecule has 2 rings (SSSR count). The van der Waals surface area contributed by atoms with Gasteiger partial charge in [0.25, 0.3) is 5.91 Å². The SMILES string of the molecule is Cc1cccc(NC(=O)c2cc(Cl)nc(C(C)C)c2)c1Br. The molecule has 0 saturated heterocycles. The Morgan fingerprint density at radius 3 is 2.71 bits per heavy atom. The highest BCUT2D eigenvalue weighted by Crippen LogP contribution is 2.26. The molecule has 0 aliphatic carbocycles. The summed E-state index contributed by atoms with van der Waals surface area (Å²) in [7, 11) is 0. The van der Waals surface area contributed by atoms with E-state index in [1.165, 1.54) is 0 Å². The van der Waals surface area contributed by atoms with E-state index in [9.17, 15) is 4.79 Å². The first-order valence-corrected chi connectivity index (χ1v) is 7.79. The summed E-state index contributed by atoms with van der Waals surface area (Å²) in [5.41, 5.74) is 3.10. The van der Waals surface area contributed by atoms with Gasteiger partial charge >= 0.3 is 0 Å². The van der Waals surface area contributed by atoms with E-state index >= 15 is 0 Å². The second kappa shape index (κ2) is 6.58. The number of nitrogens with one attached hydrogen (secondary N) is 1. The maximum Gasteiger partial charge on any atom is 0.255 e. The molecule has 110 valence electrons. The van der Waals surface area contributed by atoms with Gasteiger partial charge in [-0.25, -0.2) is 4.98 Å². The zero-order valence-electron chi connectivity index (χ0n) is 12.1. The lowest BCUT2D eigenvalue weighted by molar-refractivity contribution is 0.102. The van der Waals surface area contributed by atoms with E-state index < -0.39 is 0 Å². The van der Waals surface area contributed by atoms with E-state index in [2.05, 4.69) is 26.2 Å². The first kappa shape index (κ1) is 16.0. The standard InChI is InChI=1S/C16H16BrClN2O/c1-9(2)13-7-11(8-14(18)19-13)16(21)20-12-6-4-5-10(3)15(12)17/h4-9H,1-3H3,(H,20,21). The van der Waals surface area contributed by atoms with Gasteiger partial charge in [-0.15, -0.1) is 0 Å². The van der Waals surface area contributed by atoms with Crippen LogP contribution in [0.15, 0.2) is 34.8 Å². The van der Waals surface area contributed by atoms with E-state index in [4.69, 9.17) is 11.6 Å². The molecule has 1 N–H and O–H groups in total. The van der Waals surface area contributed by atoms with Crippen molar-refractivity contribution < 1.29 is 4.79 Å². The molecule has 2 aromatic rings. The van der Waals surface area contributed by atoms with Gasteiger partial charge in [0, 0.05) is 15.7 Å². The smallest absolute Gasteiger partial charge is 0.255 e. The fourth-order valence-corrected chi connectivity index (χ4v) is 2.46. The molecular formula is C16H16BrClN2O. The van der Waals surface area contributed by atoms with E-state index in [1.807, 2.05) is 39.0 Å². The van der Waals surface area contributed by atoms with E-state index in [-0.39, 0.29) is 11.8 Å². The third kappa shape index (κ3) is 3.83. The first-order valence-electron chi connectivity index (χ1n) is 6.62. The van der Waals surface area contributed by atoms with Crippen molar-refractivity contribution in [1.82, 2.24) is 4.98 Å². The lowest BCUT2D eigenvalue weighted by atomic mass is 10.1. The molecular weight excluding hydrogens is 352 g/mol. The summed E-state index contributed by atoms with van der Waals surface area (Å²) in [4.78, 5) is 16.6. The lowest BCUT2D eigenvalue weighted by Gasteiger charge is -2.11. The van der Waals surface area contributed by atoms with Gasteiger partial charge in [-0.2, -0.15) is 0 Å². The van der Waals surface area contributed by atoms with Crippen molar-refractivity contribution >= 4 is 39.1 Å². The van der Waals surface area contributed by atoms with Gasteiger partial charge in [-0.1, -0.05) is 37.6 Å². The lowest BCUT2D eigenvalue weighted by Crippen LogP contribution is -2.13. The maximum atomic E-state index is 12.4. The quantitative estimate of drug-likeness (QED) is 0.759. The third-order valence-corrected chi connectivity index (χ3v) is 4.35. The highest BCUT2D eigenvalue weighted by atomic mass is 79.9. The van der Waals surface area contributed by atoms with E-state index in [0.717, 1.165) is 21.4 Å². The van der Waals surface area contributed by atoms with Crippen LogP contribution in [0.3, 0.4) is 0 Å². The van der Waals surface area contributed by atoms with Crippen molar-refractivity contribution in [3.05, 3.63) is 56.8 Å². The molecule has 0 aliphatic heterocycles. The molecule has 0 radical (unpaired) electrons. The Hall–Kier alpha value is -1.39. The van der Waals surface area contributed by atoms with Crippen molar-refractivity contribution in [3.63, 3.8) is 0 Å². The Morgan fingerprint density at radius 2 is 2.05 bits per heavy atom. The second-order valence-electron chi connectivity index (χ2n) is 5.15. The van der Waals surface area contributed by atoms with Gasteiger partial charge in [-0.3, -0.25) is 4.79 Å². The van der Waals surface area contributed by atoms with Crippen LogP contribution in [-0.2, 0) is 0 Å². The molecule has 0 spiro atoms. The number of rotatable bonds is 3. The normalized spacial score (nSPS) is 10.8. The number of aryl methyl sites for hydroxylation is 1. The minimum absolute atomic E-state index is 0.201. The fourth-order valence-electron chi connectivity index (χ4n) is 1.88. The summed E-state index contributed by atoms with van der Waals surface area (Å²) < 4.78 is 0.877. The second-order valence-corrected chi connectivity index (χ2v) is 6.33. The maximum absolute atomic E-state index is 12.4. The summed E-state index contributed by atoms with van der Waals surface area (Å²) in [5, 5.41) is 3.22. The molecule has 5 heteroatoms. The fraction of sp³-hybridized carbons (Fsp3) is 0.250. The van der Waals surface area contributed by atoms with Crippen LogP contribution in [0.4, 0.5) is 5.69 Å². The van der Waals surface area contributed by atoms with Crippen LogP contribution in [0, 0.1) is 6.92 Å². The number of carbonyl (C=O) groups excluding carboxylic acids is 1. The zero-order chi connectivity index (χ0) is 15.6. The van der Waals surface area contributed by atoms with Gasteiger partial charge in [-0.05, 0) is 52.5 Å². The Morgan fingerprint density at radius 1 is 1.33 bits per heavy atom. The van der Waals surface area contributed by atoms with Crippen molar-refractivity contribution in [2.45, 2.75) is 26.7 Å². The Bertz CT molecular complexity index is 686. The monoisotopic (exact) mass is 366 g/mol. The van der Waals surface area contributed by atoms with Crippen LogP contribution in [0.2, 0.25) is 5.15 Å². The van der Waals surface area contributed by atoms with E-state index in [1.54, 1.807) is 12.1 Å². The third-order valence-electron chi connectivity index (χ3n) is 3.11. The average Bonchev–Trinajstić information content (AvgIpc) is 2.43. The average molecular weight is 368 g/mol. The number of halogens is 2. The van der Waals surface area contributed by atoms with Gasteiger partial charge < -0.3 is 5.32 Å². The van der Waals surface area contributed by atoms with Crippen molar-refractivity contribution in [2.75, 3.05) is 5.32 Å². The summed E-state index contributed by atoms with van der Waals surface area (Å²) in [5.74, 6) is 0.00783. The molecule has 3 nitrogen and oxygen atoms in total. The van der Waals surface area contributed by atoms with Gasteiger partial charge in [0.15, 0.2) is 0 Å². The zero-order valence-corrected chi connectivity index (χ0v) is 14.4. The Balaban J connectivity index is 2.30. The van der Waals surface area contributed by atoms with Gasteiger partial charge in [0.05, 0.1) is 5.69 Å². The molecule has 0 atom stereocenters. The summed E-state index contributed by atoms with van der Waals surface area (Å²) in [6.07, 6.45) is 0. The minimum atomic E-state index is -0.201. The molecule has 1 heterocycles. The number of nitrogens with zero attached hydrogens (tertiary/aromatic N) is 1. The predicted octanol–water partition coefficient (Wildman–Crippen LogP) is 5.18. The molecule has 0 saturated carbocycles. The van der Waals surface area contributed by atoms with Crippen LogP contribution in [0.25, 0.3) is 0 Å². The Labute approximate surface area is 137 Å². The molecule has 0 bridgehead atoms. The Kier molecular flexibility index (Phi) is 5.01. The number of benzene rings is 1. The summed E-state index contributed by atoms with van der Waals surface area (Å²) >= 11 is 9.48. The number of aromatic nitrogens is 1. The predicted molar refractivity (Wildman–Crippen MR) is 90.2 cm³/mol. The van der Waals surface area contributed by atoms with Crippen LogP contribution < -0.4 is 5.32 Å². The topological polar surface area (TPSA) is 42.0 Å². The van der Waals surface area contributed by atoms with Crippen LogP contribution in [-0.4, -0.2) is 10.9 Å². The highest BCUT2D eigenvalue weighted by molar-refractivity contribution is 9.10. The molecule has 1 aromatic heterocycles. The summed E-state index contributed by atoms with van der Waals surface area (Å²) in [6.45, 7) is 5.99. The van der Waals surface area contributed by atoms with E-state index in [0.29, 0.717) is 10.7 Å². The first-order chi connectivity index (χ1) is 9.88. The molecule has 0 unspecified atom stereocenters. The summed E-state index contributed by atoms with van der Waals surface area (Å²) in [6, 6.07) is 9.07. The molecule has 0 aliphatic rings. The van der Waals surface area contributed by atoms with Crippen LogP contribution in [0.1, 0.15) is 41.4 Å². The van der Waals surface area contributed by atoms with Crippen molar-refractivity contribution in [3.8, 4) is 0 Å².